The minimum absolute atomic E-state index is 0.0620. The van der Waals surface area contributed by atoms with Crippen LogP contribution >= 0.6 is 0 Å². The second-order valence-corrected chi connectivity index (χ2v) is 11.5. The van der Waals surface area contributed by atoms with E-state index >= 15 is 0 Å². The number of benzene rings is 2. The number of ether oxygens (including phenoxy) is 2. The lowest BCUT2D eigenvalue weighted by Crippen LogP contribution is -2.57. The quantitative estimate of drug-likeness (QED) is 0.400. The van der Waals surface area contributed by atoms with Crippen LogP contribution in [-0.2, 0) is 25.6 Å². The van der Waals surface area contributed by atoms with Crippen molar-refractivity contribution in [3.05, 3.63) is 60.2 Å². The average Bonchev–Trinajstić information content (AvgIpc) is 2.96. The molecule has 0 aromatic heterocycles. The average molecular weight is 521 g/mol. The third kappa shape index (κ3) is 6.90. The molecule has 0 bridgehead atoms. The molecule has 1 spiro atoms. The molecule has 0 N–H and O–H groups in total. The maximum atomic E-state index is 12.8. The molecule has 38 heavy (non-hydrogen) atoms. The lowest BCUT2D eigenvalue weighted by Gasteiger charge is -2.47. The van der Waals surface area contributed by atoms with Gasteiger partial charge in [-0.15, -0.1) is 0 Å². The fourth-order valence-corrected chi connectivity index (χ4v) is 5.78. The molecule has 0 radical (unpaired) electrons. The van der Waals surface area contributed by atoms with Gasteiger partial charge in [-0.2, -0.15) is 0 Å². The molecule has 0 amide bonds. The SMILES string of the molecule is CO[C@]1(C)CCCN(C)C2(CCN(Cc3ccc(-c4ccccc4)cc3)CC2)COC(=O)C(C)C(=O)CC1. The second-order valence-electron chi connectivity index (χ2n) is 11.5. The number of carbonyl (C=O) groups excluding carboxylic acids is 2. The number of likely N-dealkylation sites (N-methyl/N-ethyl adjacent to an activating group) is 1. The van der Waals surface area contributed by atoms with Gasteiger partial charge in [0.1, 0.15) is 18.3 Å². The van der Waals surface area contributed by atoms with E-state index in [2.05, 4.69) is 72.3 Å². The normalized spacial score (nSPS) is 26.3. The minimum Gasteiger partial charge on any atom is -0.463 e. The zero-order chi connectivity index (χ0) is 27.2. The second kappa shape index (κ2) is 12.5. The van der Waals surface area contributed by atoms with E-state index in [1.54, 1.807) is 14.0 Å². The summed E-state index contributed by atoms with van der Waals surface area (Å²) in [5.74, 6) is -1.20. The highest BCUT2D eigenvalue weighted by Gasteiger charge is 2.40. The van der Waals surface area contributed by atoms with Crippen LogP contribution in [0.3, 0.4) is 0 Å². The first-order valence-corrected chi connectivity index (χ1v) is 14.1. The Morgan fingerprint density at radius 1 is 0.921 bits per heavy atom. The topological polar surface area (TPSA) is 59.1 Å². The van der Waals surface area contributed by atoms with Gasteiger partial charge in [0.25, 0.3) is 0 Å². The summed E-state index contributed by atoms with van der Waals surface area (Å²) in [5.41, 5.74) is 3.19. The molecule has 2 fully saturated rings. The molecular weight excluding hydrogens is 476 g/mol. The fourth-order valence-electron chi connectivity index (χ4n) is 5.78. The molecule has 0 aliphatic carbocycles. The van der Waals surface area contributed by atoms with Gasteiger partial charge in [0, 0.05) is 33.2 Å². The summed E-state index contributed by atoms with van der Waals surface area (Å²) in [6.07, 6.45) is 4.65. The van der Waals surface area contributed by atoms with Crippen molar-refractivity contribution in [2.45, 2.75) is 70.1 Å². The van der Waals surface area contributed by atoms with Crippen molar-refractivity contribution >= 4 is 11.8 Å². The van der Waals surface area contributed by atoms with Gasteiger partial charge in [0.2, 0.25) is 0 Å². The first kappa shape index (κ1) is 28.5. The maximum Gasteiger partial charge on any atom is 0.316 e. The molecule has 206 valence electrons. The summed E-state index contributed by atoms with van der Waals surface area (Å²) in [7, 11) is 3.88. The number of ketones is 1. The van der Waals surface area contributed by atoms with Crippen LogP contribution in [0.5, 0.6) is 0 Å². The molecule has 2 atom stereocenters. The van der Waals surface area contributed by atoms with E-state index in [-0.39, 0.29) is 16.9 Å². The third-order valence-electron chi connectivity index (χ3n) is 8.98. The molecule has 2 aromatic rings. The summed E-state index contributed by atoms with van der Waals surface area (Å²) < 4.78 is 11.6. The lowest BCUT2D eigenvalue weighted by molar-refractivity contribution is -0.156. The number of esters is 1. The van der Waals surface area contributed by atoms with E-state index in [0.29, 0.717) is 19.4 Å². The van der Waals surface area contributed by atoms with Crippen molar-refractivity contribution in [1.82, 2.24) is 9.80 Å². The number of carbonyl (C=O) groups is 2. The number of piperidine rings is 1. The van der Waals surface area contributed by atoms with Crippen LogP contribution in [0.2, 0.25) is 0 Å². The first-order valence-electron chi connectivity index (χ1n) is 14.1. The molecule has 6 nitrogen and oxygen atoms in total. The van der Waals surface area contributed by atoms with E-state index in [1.807, 2.05) is 6.07 Å². The Kier molecular flexibility index (Phi) is 9.40. The van der Waals surface area contributed by atoms with E-state index in [4.69, 9.17) is 9.47 Å². The Bertz CT molecular complexity index is 1060. The molecular formula is C32H44N2O4. The Balaban J connectivity index is 1.41. The van der Waals surface area contributed by atoms with Gasteiger partial charge in [0.15, 0.2) is 0 Å². The van der Waals surface area contributed by atoms with Crippen LogP contribution in [0, 0.1) is 5.92 Å². The predicted octanol–water partition coefficient (Wildman–Crippen LogP) is 5.35. The van der Waals surface area contributed by atoms with Crippen LogP contribution < -0.4 is 0 Å². The molecule has 0 saturated carbocycles. The summed E-state index contributed by atoms with van der Waals surface area (Å²) in [4.78, 5) is 30.4. The van der Waals surface area contributed by atoms with Gasteiger partial charge in [-0.05, 0) is 76.2 Å². The van der Waals surface area contributed by atoms with E-state index in [1.165, 1.54) is 16.7 Å². The zero-order valence-corrected chi connectivity index (χ0v) is 23.6. The monoisotopic (exact) mass is 520 g/mol. The Hall–Kier alpha value is -2.54. The highest BCUT2D eigenvalue weighted by molar-refractivity contribution is 5.98. The maximum absolute atomic E-state index is 12.8. The molecule has 4 rings (SSSR count). The third-order valence-corrected chi connectivity index (χ3v) is 8.98. The number of hydrogen-bond donors (Lipinski definition) is 0. The highest BCUT2D eigenvalue weighted by Crippen LogP contribution is 2.32. The van der Waals surface area contributed by atoms with Crippen LogP contribution in [0.25, 0.3) is 11.1 Å². The molecule has 6 heteroatoms. The number of rotatable bonds is 4. The van der Waals surface area contributed by atoms with Gasteiger partial charge >= 0.3 is 5.97 Å². The smallest absolute Gasteiger partial charge is 0.316 e. The van der Waals surface area contributed by atoms with Crippen LogP contribution in [0.15, 0.2) is 54.6 Å². The number of likely N-dealkylation sites (tertiary alicyclic amines) is 1. The molecule has 1 unspecified atom stereocenters. The largest absolute Gasteiger partial charge is 0.463 e. The molecule has 2 aliphatic rings. The number of Topliss-reactive ketones (excluding diaryl/α,β-unsaturated/α-hetero) is 1. The number of hydrogen-bond acceptors (Lipinski definition) is 6. The lowest BCUT2D eigenvalue weighted by atomic mass is 9.85. The first-order chi connectivity index (χ1) is 18.2. The van der Waals surface area contributed by atoms with Crippen molar-refractivity contribution in [3.63, 3.8) is 0 Å². The van der Waals surface area contributed by atoms with E-state index < -0.39 is 11.9 Å². The Morgan fingerprint density at radius 3 is 2.24 bits per heavy atom. The summed E-state index contributed by atoms with van der Waals surface area (Å²) in [5, 5.41) is 0. The van der Waals surface area contributed by atoms with Gasteiger partial charge < -0.3 is 9.47 Å². The summed E-state index contributed by atoms with van der Waals surface area (Å²) in [6, 6.07) is 19.3. The van der Waals surface area contributed by atoms with Gasteiger partial charge in [-0.25, -0.2) is 0 Å². The molecule has 2 aromatic carbocycles. The highest BCUT2D eigenvalue weighted by atomic mass is 16.5. The van der Waals surface area contributed by atoms with E-state index in [0.717, 1.165) is 51.9 Å². The van der Waals surface area contributed by atoms with Gasteiger partial charge in [0.05, 0.1) is 11.1 Å². The molecule has 2 heterocycles. The van der Waals surface area contributed by atoms with Crippen LogP contribution in [0.4, 0.5) is 0 Å². The van der Waals surface area contributed by atoms with Crippen molar-refractivity contribution in [1.29, 1.82) is 0 Å². The van der Waals surface area contributed by atoms with Crippen molar-refractivity contribution in [2.24, 2.45) is 5.92 Å². The summed E-state index contributed by atoms with van der Waals surface area (Å²) >= 11 is 0. The summed E-state index contributed by atoms with van der Waals surface area (Å²) in [6.45, 7) is 7.77. The van der Waals surface area contributed by atoms with Crippen molar-refractivity contribution in [3.8, 4) is 11.1 Å². The van der Waals surface area contributed by atoms with E-state index in [9.17, 15) is 9.59 Å². The molecule has 2 aliphatic heterocycles. The number of methoxy groups -OCH3 is 1. The standard InChI is InChI=1S/C32H44N2O4/c1-25-29(35)15-17-31(2,37-4)16-8-20-33(3)32(24-38-30(25)36)18-21-34(22-19-32)23-26-11-13-28(14-12-26)27-9-6-5-7-10-27/h5-7,9-14,25H,8,15-24H2,1-4H3/t25?,31-/m1/s1. The Labute approximate surface area is 228 Å². The Morgan fingerprint density at radius 2 is 1.58 bits per heavy atom. The van der Waals surface area contributed by atoms with Crippen molar-refractivity contribution in [2.75, 3.05) is 40.4 Å². The van der Waals surface area contributed by atoms with Crippen LogP contribution in [-0.4, -0.2) is 73.1 Å². The molecule has 2 saturated heterocycles. The predicted molar refractivity (Wildman–Crippen MR) is 151 cm³/mol. The minimum atomic E-state index is -0.738. The van der Waals surface area contributed by atoms with Crippen LogP contribution in [0.1, 0.15) is 57.9 Å². The number of cyclic esters (lactones) is 1. The van der Waals surface area contributed by atoms with Gasteiger partial charge in [-0.3, -0.25) is 19.4 Å². The van der Waals surface area contributed by atoms with Crippen molar-refractivity contribution < 1.29 is 19.1 Å². The van der Waals surface area contributed by atoms with Gasteiger partial charge in [-0.1, -0.05) is 54.6 Å². The zero-order valence-electron chi connectivity index (χ0n) is 23.6. The number of nitrogens with zero attached hydrogens (tertiary/aromatic N) is 2. The fraction of sp³-hybridized carbons (Fsp3) is 0.562.